The molecule has 0 bridgehead atoms. The van der Waals surface area contributed by atoms with Gasteiger partial charge in [-0.25, -0.2) is 4.39 Å². The second-order valence-electron chi connectivity index (χ2n) is 3.78. The molecule has 0 radical (unpaired) electrons. The number of hydrogen-bond donors (Lipinski definition) is 0. The molecule has 17 heavy (non-hydrogen) atoms. The molecule has 1 aromatic heterocycles. The Bertz CT molecular complexity index is 562. The minimum absolute atomic E-state index is 0.0456. The average molecular weight is 269 g/mol. The number of aryl methyl sites for hydroxylation is 1. The highest BCUT2D eigenvalue weighted by molar-refractivity contribution is 7.08. The van der Waals surface area contributed by atoms with Crippen LogP contribution in [0.3, 0.4) is 0 Å². The maximum atomic E-state index is 13.6. The molecule has 1 aromatic carbocycles. The van der Waals surface area contributed by atoms with E-state index in [1.807, 2.05) is 12.3 Å². The van der Waals surface area contributed by atoms with Crippen molar-refractivity contribution >= 4 is 28.7 Å². The molecule has 0 atom stereocenters. The van der Waals surface area contributed by atoms with Gasteiger partial charge in [0, 0.05) is 17.4 Å². The van der Waals surface area contributed by atoms with Crippen molar-refractivity contribution in [2.75, 3.05) is 0 Å². The van der Waals surface area contributed by atoms with Gasteiger partial charge in [-0.1, -0.05) is 23.7 Å². The molecule has 0 unspecified atom stereocenters. The number of rotatable bonds is 3. The average Bonchev–Trinajstić information content (AvgIpc) is 2.71. The first kappa shape index (κ1) is 12.3. The topological polar surface area (TPSA) is 17.1 Å². The van der Waals surface area contributed by atoms with Gasteiger partial charge in [0.2, 0.25) is 0 Å². The Labute approximate surface area is 108 Å². The molecule has 0 aliphatic heterocycles. The number of hydrogen-bond acceptors (Lipinski definition) is 2. The van der Waals surface area contributed by atoms with Crippen LogP contribution >= 0.6 is 22.9 Å². The van der Waals surface area contributed by atoms with E-state index in [2.05, 4.69) is 0 Å². The molecule has 0 spiro atoms. The quantitative estimate of drug-likeness (QED) is 0.760. The largest absolute Gasteiger partial charge is 0.294 e. The Morgan fingerprint density at radius 1 is 1.41 bits per heavy atom. The van der Waals surface area contributed by atoms with Crippen LogP contribution in [0.25, 0.3) is 0 Å². The van der Waals surface area contributed by atoms with Crippen molar-refractivity contribution in [2.24, 2.45) is 0 Å². The Morgan fingerprint density at radius 2 is 2.18 bits per heavy atom. The minimum atomic E-state index is -0.504. The molecule has 4 heteroatoms. The lowest BCUT2D eigenvalue weighted by atomic mass is 10.0. The summed E-state index contributed by atoms with van der Waals surface area (Å²) in [7, 11) is 0. The van der Waals surface area contributed by atoms with Crippen molar-refractivity contribution in [3.63, 3.8) is 0 Å². The molecule has 1 heterocycles. The van der Waals surface area contributed by atoms with Crippen molar-refractivity contribution in [3.05, 3.63) is 56.5 Å². The van der Waals surface area contributed by atoms with E-state index in [1.165, 1.54) is 17.4 Å². The first-order chi connectivity index (χ1) is 8.09. The number of carbonyl (C=O) groups excluding carboxylic acids is 1. The second kappa shape index (κ2) is 4.98. The van der Waals surface area contributed by atoms with Gasteiger partial charge in [0.25, 0.3) is 0 Å². The van der Waals surface area contributed by atoms with Gasteiger partial charge in [-0.3, -0.25) is 4.79 Å². The first-order valence-corrected chi connectivity index (χ1v) is 6.40. The van der Waals surface area contributed by atoms with E-state index in [-0.39, 0.29) is 17.2 Å². The van der Waals surface area contributed by atoms with Crippen molar-refractivity contribution < 1.29 is 9.18 Å². The molecular formula is C13H10ClFOS. The Balaban J connectivity index is 2.25. The summed E-state index contributed by atoms with van der Waals surface area (Å²) in [6.45, 7) is 1.87. The molecule has 1 nitrogen and oxygen atoms in total. The highest BCUT2D eigenvalue weighted by atomic mass is 35.5. The lowest BCUT2D eigenvalue weighted by Gasteiger charge is -2.03. The number of ketones is 1. The molecule has 0 aliphatic carbocycles. The van der Waals surface area contributed by atoms with Crippen LogP contribution in [0.15, 0.2) is 29.0 Å². The summed E-state index contributed by atoms with van der Waals surface area (Å²) in [6, 6.07) is 4.70. The molecule has 0 fully saturated rings. The third-order valence-corrected chi connectivity index (χ3v) is 3.69. The number of carbonyl (C=O) groups is 1. The van der Waals surface area contributed by atoms with Crippen LogP contribution in [0.2, 0.25) is 5.02 Å². The molecule has 0 saturated heterocycles. The van der Waals surface area contributed by atoms with Crippen LogP contribution in [0.5, 0.6) is 0 Å². The molecule has 0 amide bonds. The third-order valence-electron chi connectivity index (χ3n) is 2.54. The predicted molar refractivity (Wildman–Crippen MR) is 68.5 cm³/mol. The van der Waals surface area contributed by atoms with Gasteiger partial charge in [-0.2, -0.15) is 11.3 Å². The SMILES string of the molecule is Cc1cscc1C(=O)Cc1cccc(Cl)c1F. The summed E-state index contributed by atoms with van der Waals surface area (Å²) >= 11 is 7.14. The van der Waals surface area contributed by atoms with E-state index in [0.717, 1.165) is 5.56 Å². The maximum absolute atomic E-state index is 13.6. The van der Waals surface area contributed by atoms with E-state index in [1.54, 1.807) is 17.5 Å². The smallest absolute Gasteiger partial charge is 0.168 e. The number of halogens is 2. The summed E-state index contributed by atoms with van der Waals surface area (Å²) in [5.74, 6) is -0.583. The molecular weight excluding hydrogens is 259 g/mol. The third kappa shape index (κ3) is 2.56. The maximum Gasteiger partial charge on any atom is 0.168 e. The number of benzene rings is 1. The van der Waals surface area contributed by atoms with Crippen molar-refractivity contribution in [1.82, 2.24) is 0 Å². The fraction of sp³-hybridized carbons (Fsp3) is 0.154. The molecule has 0 aliphatic rings. The van der Waals surface area contributed by atoms with E-state index < -0.39 is 5.82 Å². The van der Waals surface area contributed by atoms with Gasteiger partial charge in [0.1, 0.15) is 5.82 Å². The molecule has 0 saturated carbocycles. The van der Waals surface area contributed by atoms with Gasteiger partial charge >= 0.3 is 0 Å². The van der Waals surface area contributed by atoms with Gasteiger partial charge < -0.3 is 0 Å². The summed E-state index contributed by atoms with van der Waals surface area (Å²) < 4.78 is 13.6. The first-order valence-electron chi connectivity index (χ1n) is 5.08. The van der Waals surface area contributed by atoms with Crippen LogP contribution < -0.4 is 0 Å². The zero-order valence-corrected chi connectivity index (χ0v) is 10.7. The predicted octanol–water partition coefficient (Wildman–Crippen LogP) is 4.27. The summed E-state index contributed by atoms with van der Waals surface area (Å²) in [5, 5.41) is 3.75. The summed E-state index contributed by atoms with van der Waals surface area (Å²) in [6.07, 6.45) is 0.0456. The van der Waals surface area contributed by atoms with Crippen molar-refractivity contribution in [2.45, 2.75) is 13.3 Å². The van der Waals surface area contributed by atoms with Crippen LogP contribution in [-0.2, 0) is 6.42 Å². The number of Topliss-reactive ketones (excluding diaryl/α,β-unsaturated/α-hetero) is 1. The fourth-order valence-electron chi connectivity index (χ4n) is 1.60. The highest BCUT2D eigenvalue weighted by Gasteiger charge is 2.14. The van der Waals surface area contributed by atoms with Crippen LogP contribution in [0, 0.1) is 12.7 Å². The second-order valence-corrected chi connectivity index (χ2v) is 4.93. The van der Waals surface area contributed by atoms with Crippen molar-refractivity contribution in [1.29, 1.82) is 0 Å². The van der Waals surface area contributed by atoms with Crippen LogP contribution in [-0.4, -0.2) is 5.78 Å². The molecule has 2 aromatic rings. The van der Waals surface area contributed by atoms with Gasteiger partial charge in [0.15, 0.2) is 5.78 Å². The summed E-state index contributed by atoms with van der Waals surface area (Å²) in [5.41, 5.74) is 1.94. The van der Waals surface area contributed by atoms with E-state index in [9.17, 15) is 9.18 Å². The minimum Gasteiger partial charge on any atom is -0.294 e. The van der Waals surface area contributed by atoms with Crippen LogP contribution in [0.4, 0.5) is 4.39 Å². The normalized spacial score (nSPS) is 10.5. The zero-order chi connectivity index (χ0) is 12.4. The van der Waals surface area contributed by atoms with Gasteiger partial charge in [-0.05, 0) is 29.5 Å². The Hall–Kier alpha value is -1.19. The highest BCUT2D eigenvalue weighted by Crippen LogP contribution is 2.21. The Morgan fingerprint density at radius 3 is 2.82 bits per heavy atom. The fourth-order valence-corrected chi connectivity index (χ4v) is 2.65. The molecule has 2 rings (SSSR count). The van der Waals surface area contributed by atoms with E-state index >= 15 is 0 Å². The van der Waals surface area contributed by atoms with Gasteiger partial charge in [0.05, 0.1) is 5.02 Å². The summed E-state index contributed by atoms with van der Waals surface area (Å²) in [4.78, 5) is 12.0. The lowest BCUT2D eigenvalue weighted by molar-refractivity contribution is 0.0991. The molecule has 88 valence electrons. The zero-order valence-electron chi connectivity index (χ0n) is 9.17. The Kier molecular flexibility index (Phi) is 3.60. The van der Waals surface area contributed by atoms with E-state index in [4.69, 9.17) is 11.6 Å². The van der Waals surface area contributed by atoms with Crippen LogP contribution in [0.1, 0.15) is 21.5 Å². The standard InChI is InChI=1S/C13H10ClFOS/c1-8-6-17-7-10(8)12(16)5-9-3-2-4-11(14)13(9)15/h2-4,6-7H,5H2,1H3. The monoisotopic (exact) mass is 268 g/mol. The van der Waals surface area contributed by atoms with Crippen molar-refractivity contribution in [3.8, 4) is 0 Å². The van der Waals surface area contributed by atoms with Gasteiger partial charge in [-0.15, -0.1) is 0 Å². The lowest BCUT2D eigenvalue weighted by Crippen LogP contribution is -2.05. The molecule has 0 N–H and O–H groups in total. The van der Waals surface area contributed by atoms with E-state index in [0.29, 0.717) is 11.1 Å². The number of thiophene rings is 1.